The lowest BCUT2D eigenvalue weighted by atomic mass is 9.95. The number of halogens is 2. The maximum absolute atomic E-state index is 12.9. The second-order valence-corrected chi connectivity index (χ2v) is 9.02. The minimum atomic E-state index is -4.28. The van der Waals surface area contributed by atoms with Crippen molar-refractivity contribution in [3.05, 3.63) is 82.4 Å². The molecular weight excluding hydrogens is 441 g/mol. The predicted octanol–water partition coefficient (Wildman–Crippen LogP) is 5.84. The van der Waals surface area contributed by atoms with Gasteiger partial charge in [-0.2, -0.15) is 0 Å². The van der Waals surface area contributed by atoms with Gasteiger partial charge in [0.2, 0.25) is 0 Å². The summed E-state index contributed by atoms with van der Waals surface area (Å²) in [6.45, 7) is 3.72. The monoisotopic (exact) mass is 464 g/mol. The topological polar surface area (TPSA) is 96.2 Å². The summed E-state index contributed by atoms with van der Waals surface area (Å²) < 4.78 is 47.7. The van der Waals surface area contributed by atoms with Gasteiger partial charge in [0.05, 0.1) is 0 Å². The first-order valence-corrected chi connectivity index (χ1v) is 11.5. The van der Waals surface area contributed by atoms with Crippen LogP contribution >= 0.6 is 7.60 Å². The molecule has 3 rings (SSSR count). The molecule has 0 saturated heterocycles. The summed E-state index contributed by atoms with van der Waals surface area (Å²) in [4.78, 5) is 18.0. The minimum Gasteiger partial charge on any atom is -0.504 e. The zero-order chi connectivity index (χ0) is 23.5. The molecule has 0 aliphatic carbocycles. The summed E-state index contributed by atoms with van der Waals surface area (Å²) >= 11 is 0. The average Bonchev–Trinajstić information content (AvgIpc) is 2.71. The number of hydrogen-bond acceptors (Lipinski definition) is 4. The Morgan fingerprint density at radius 1 is 0.969 bits per heavy atom. The number of phenolic OH excluding ortho intramolecular Hbond substituents is 1. The molecule has 3 aromatic carbocycles. The van der Waals surface area contributed by atoms with E-state index in [0.717, 1.165) is 22.3 Å². The van der Waals surface area contributed by atoms with Gasteiger partial charge >= 0.3 is 7.60 Å². The molecule has 0 radical (unpaired) electrons. The van der Waals surface area contributed by atoms with Crippen LogP contribution in [0, 0.1) is 13.8 Å². The number of rotatable bonds is 8. The van der Waals surface area contributed by atoms with Crippen molar-refractivity contribution in [2.45, 2.75) is 26.7 Å². The Balaban J connectivity index is 1.81. The molecule has 0 aliphatic rings. The fourth-order valence-corrected chi connectivity index (χ4v) is 3.59. The quantitative estimate of drug-likeness (QED) is 0.362. The molecule has 0 bridgehead atoms. The number of ether oxygens (including phenoxy) is 2. The standard InChI is InChI=1S/C23H23F2O6P/c1-14-8-19(30-13-32(27,28)29)9-15(2)20(14)10-16-6-7-21(26)22(11-16)31-18-5-3-4-17(12-18)23(24)25/h3-9,11-12,23,26H,10,13H2,1-2H3,(H2,27,28,29). The van der Waals surface area contributed by atoms with E-state index in [4.69, 9.17) is 19.3 Å². The summed E-state index contributed by atoms with van der Waals surface area (Å²) in [5.74, 6) is 0.575. The zero-order valence-corrected chi connectivity index (χ0v) is 18.4. The van der Waals surface area contributed by atoms with Gasteiger partial charge in [0, 0.05) is 5.56 Å². The number of phenols is 1. The lowest BCUT2D eigenvalue weighted by Gasteiger charge is -2.15. The van der Waals surface area contributed by atoms with Gasteiger partial charge in [-0.1, -0.05) is 18.2 Å². The molecule has 3 N–H and O–H groups in total. The van der Waals surface area contributed by atoms with Crippen LogP contribution in [0.4, 0.5) is 8.78 Å². The maximum atomic E-state index is 12.9. The van der Waals surface area contributed by atoms with Crippen LogP contribution in [0.3, 0.4) is 0 Å². The van der Waals surface area contributed by atoms with Crippen molar-refractivity contribution < 1.29 is 37.7 Å². The van der Waals surface area contributed by atoms with Crippen molar-refractivity contribution in [1.29, 1.82) is 0 Å². The summed E-state index contributed by atoms with van der Waals surface area (Å²) in [6, 6.07) is 13.8. The van der Waals surface area contributed by atoms with Crippen molar-refractivity contribution in [3.8, 4) is 23.0 Å². The Labute approximate surface area is 184 Å². The number of benzene rings is 3. The number of alkyl halides is 2. The number of hydrogen-bond donors (Lipinski definition) is 3. The van der Waals surface area contributed by atoms with E-state index in [9.17, 15) is 18.5 Å². The van der Waals surface area contributed by atoms with Crippen LogP contribution in [0.5, 0.6) is 23.0 Å². The zero-order valence-electron chi connectivity index (χ0n) is 17.5. The number of aryl methyl sites for hydroxylation is 2. The van der Waals surface area contributed by atoms with Gasteiger partial charge in [0.15, 0.2) is 17.8 Å². The van der Waals surface area contributed by atoms with E-state index >= 15 is 0 Å². The van der Waals surface area contributed by atoms with Crippen LogP contribution in [0.15, 0.2) is 54.6 Å². The average molecular weight is 464 g/mol. The molecular formula is C23H23F2O6P. The van der Waals surface area contributed by atoms with Crippen LogP contribution in [-0.4, -0.2) is 21.2 Å². The van der Waals surface area contributed by atoms with E-state index in [2.05, 4.69) is 0 Å². The largest absolute Gasteiger partial charge is 0.504 e. The van der Waals surface area contributed by atoms with Gasteiger partial charge in [-0.3, -0.25) is 4.57 Å². The Morgan fingerprint density at radius 3 is 2.28 bits per heavy atom. The Bertz CT molecular complexity index is 1140. The van der Waals surface area contributed by atoms with Crippen molar-refractivity contribution in [2.75, 3.05) is 6.35 Å². The lowest BCUT2D eigenvalue weighted by Crippen LogP contribution is -2.01. The van der Waals surface area contributed by atoms with Gasteiger partial charge in [-0.05, 0) is 78.9 Å². The molecule has 0 heterocycles. The highest BCUT2D eigenvalue weighted by Crippen LogP contribution is 2.36. The SMILES string of the molecule is Cc1cc(OCP(=O)(O)O)cc(C)c1Cc1ccc(O)c(Oc2cccc(C(F)F)c2)c1. The smallest absolute Gasteiger partial charge is 0.362 e. The Hall–Kier alpha value is -2.93. The highest BCUT2D eigenvalue weighted by Gasteiger charge is 2.16. The van der Waals surface area contributed by atoms with E-state index in [-0.39, 0.29) is 22.8 Å². The van der Waals surface area contributed by atoms with Crippen LogP contribution in [0.25, 0.3) is 0 Å². The van der Waals surface area contributed by atoms with E-state index in [1.165, 1.54) is 30.3 Å². The minimum absolute atomic E-state index is 0.120. The summed E-state index contributed by atoms with van der Waals surface area (Å²) in [5, 5.41) is 10.2. The van der Waals surface area contributed by atoms with Gasteiger partial charge in [-0.15, -0.1) is 0 Å². The third kappa shape index (κ3) is 6.29. The molecule has 6 nitrogen and oxygen atoms in total. The van der Waals surface area contributed by atoms with Gasteiger partial charge in [-0.25, -0.2) is 8.78 Å². The predicted molar refractivity (Wildman–Crippen MR) is 116 cm³/mol. The van der Waals surface area contributed by atoms with Gasteiger partial charge in [0.25, 0.3) is 6.43 Å². The first-order valence-electron chi connectivity index (χ1n) is 9.67. The van der Waals surface area contributed by atoms with E-state index < -0.39 is 20.4 Å². The Morgan fingerprint density at radius 2 is 1.66 bits per heavy atom. The Kier molecular flexibility index (Phi) is 7.19. The van der Waals surface area contributed by atoms with Crippen LogP contribution < -0.4 is 9.47 Å². The molecule has 9 heteroatoms. The molecule has 0 spiro atoms. The maximum Gasteiger partial charge on any atom is 0.362 e. The molecule has 0 unspecified atom stereocenters. The van der Waals surface area contributed by atoms with Gasteiger partial charge in [0.1, 0.15) is 11.5 Å². The van der Waals surface area contributed by atoms with E-state index in [1.807, 2.05) is 13.8 Å². The number of aromatic hydroxyl groups is 1. The lowest BCUT2D eigenvalue weighted by molar-refractivity contribution is 0.151. The highest BCUT2D eigenvalue weighted by atomic mass is 31.2. The fraction of sp³-hybridized carbons (Fsp3) is 0.217. The highest BCUT2D eigenvalue weighted by molar-refractivity contribution is 7.51. The van der Waals surface area contributed by atoms with Crippen LogP contribution in [-0.2, 0) is 11.0 Å². The second kappa shape index (κ2) is 9.69. The molecule has 0 amide bonds. The third-order valence-electron chi connectivity index (χ3n) is 4.81. The molecule has 32 heavy (non-hydrogen) atoms. The van der Waals surface area contributed by atoms with Gasteiger partial charge < -0.3 is 24.4 Å². The van der Waals surface area contributed by atoms with Crippen molar-refractivity contribution in [1.82, 2.24) is 0 Å². The van der Waals surface area contributed by atoms with Crippen LogP contribution in [0.2, 0.25) is 0 Å². The molecule has 0 atom stereocenters. The first-order chi connectivity index (χ1) is 15.0. The molecule has 0 fully saturated rings. The molecule has 0 aliphatic heterocycles. The molecule has 3 aromatic rings. The van der Waals surface area contributed by atoms with Crippen molar-refractivity contribution in [3.63, 3.8) is 0 Å². The van der Waals surface area contributed by atoms with Crippen LogP contribution in [0.1, 0.15) is 34.2 Å². The van der Waals surface area contributed by atoms with E-state index in [0.29, 0.717) is 12.2 Å². The van der Waals surface area contributed by atoms with Crippen molar-refractivity contribution >= 4 is 7.60 Å². The van der Waals surface area contributed by atoms with E-state index in [1.54, 1.807) is 24.3 Å². The molecule has 170 valence electrons. The summed E-state index contributed by atoms with van der Waals surface area (Å²) in [7, 11) is -4.28. The first kappa shape index (κ1) is 23.7. The van der Waals surface area contributed by atoms with Crippen molar-refractivity contribution in [2.24, 2.45) is 0 Å². The fourth-order valence-electron chi connectivity index (χ4n) is 3.27. The third-order valence-corrected chi connectivity index (χ3v) is 5.28. The second-order valence-electron chi connectivity index (χ2n) is 7.43. The normalized spacial score (nSPS) is 11.6. The summed E-state index contributed by atoms with van der Waals surface area (Å²) in [6.07, 6.45) is -2.83. The molecule has 0 saturated carbocycles. The summed E-state index contributed by atoms with van der Waals surface area (Å²) in [5.41, 5.74) is 3.35. The molecule has 0 aromatic heterocycles.